The number of carbonyl (C=O) groups is 2. The summed E-state index contributed by atoms with van der Waals surface area (Å²) in [5, 5.41) is 11.7. The van der Waals surface area contributed by atoms with E-state index in [4.69, 9.17) is 44.3 Å². The highest BCUT2D eigenvalue weighted by Gasteiger charge is 2.25. The number of benzene rings is 2. The predicted molar refractivity (Wildman–Crippen MR) is 130 cm³/mol. The van der Waals surface area contributed by atoms with Gasteiger partial charge in [0.2, 0.25) is 0 Å². The third-order valence-corrected chi connectivity index (χ3v) is 6.04. The van der Waals surface area contributed by atoms with Crippen molar-refractivity contribution in [1.82, 2.24) is 5.32 Å². The molecule has 2 aromatic carbocycles. The van der Waals surface area contributed by atoms with Crippen molar-refractivity contribution in [2.45, 2.75) is 6.61 Å². The van der Waals surface area contributed by atoms with Crippen LogP contribution in [0.4, 0.5) is 0 Å². The fourth-order valence-electron chi connectivity index (χ4n) is 2.55. The van der Waals surface area contributed by atoms with Gasteiger partial charge in [-0.3, -0.25) is 10.1 Å². The average molecular weight is 529 g/mol. The lowest BCUT2D eigenvalue weighted by Gasteiger charge is -2.12. The Labute approximate surface area is 208 Å². The van der Waals surface area contributed by atoms with Crippen LogP contribution in [0.25, 0.3) is 0 Å². The van der Waals surface area contributed by atoms with Gasteiger partial charge < -0.3 is 14.2 Å². The molecule has 1 N–H and O–H groups in total. The number of methoxy groups -OCH3 is 2. The number of halogens is 3. The highest BCUT2D eigenvalue weighted by atomic mass is 35.5. The van der Waals surface area contributed by atoms with Crippen LogP contribution in [-0.4, -0.2) is 37.5 Å². The summed E-state index contributed by atoms with van der Waals surface area (Å²) in [5.74, 6) is -0.106. The zero-order valence-electron chi connectivity index (χ0n) is 17.2. The van der Waals surface area contributed by atoms with Crippen molar-refractivity contribution in [3.63, 3.8) is 0 Å². The lowest BCUT2D eigenvalue weighted by molar-refractivity contribution is -0.135. The van der Waals surface area contributed by atoms with E-state index in [9.17, 15) is 9.59 Å². The lowest BCUT2D eigenvalue weighted by atomic mass is 10.1. The fraction of sp³-hybridized carbons (Fsp3) is 0.143. The van der Waals surface area contributed by atoms with Crippen LogP contribution in [0.1, 0.15) is 11.1 Å². The molecule has 1 aliphatic heterocycles. The molecule has 1 amide bonds. The van der Waals surface area contributed by atoms with Crippen LogP contribution in [0, 0.1) is 0 Å². The Morgan fingerprint density at radius 3 is 2.58 bits per heavy atom. The predicted octanol–water partition coefficient (Wildman–Crippen LogP) is 4.84. The van der Waals surface area contributed by atoms with Gasteiger partial charge in [-0.2, -0.15) is 5.10 Å². The maximum atomic E-state index is 11.8. The van der Waals surface area contributed by atoms with Crippen LogP contribution in [0.15, 0.2) is 51.5 Å². The minimum Gasteiger partial charge on any atom is -0.496 e. The van der Waals surface area contributed by atoms with E-state index in [1.165, 1.54) is 25.5 Å². The molecule has 0 aromatic heterocycles. The summed E-state index contributed by atoms with van der Waals surface area (Å²) >= 11 is 19.1. The van der Waals surface area contributed by atoms with Gasteiger partial charge in [-0.05, 0) is 41.6 Å². The molecule has 1 saturated heterocycles. The quantitative estimate of drug-likeness (QED) is 0.181. The van der Waals surface area contributed by atoms with Gasteiger partial charge in [0, 0.05) is 17.7 Å². The number of hydrogen-bond donors (Lipinski definition) is 1. The molecular weight excluding hydrogens is 513 g/mol. The molecule has 33 heavy (non-hydrogen) atoms. The second-order valence-electron chi connectivity index (χ2n) is 6.29. The van der Waals surface area contributed by atoms with Crippen LogP contribution in [-0.2, 0) is 20.9 Å². The minimum absolute atomic E-state index is 0.143. The van der Waals surface area contributed by atoms with Crippen LogP contribution in [0.5, 0.6) is 11.5 Å². The second kappa shape index (κ2) is 11.4. The normalized spacial score (nSPS) is 15.8. The molecular formula is C21H16Cl3N3O5S. The number of nitrogens with one attached hydrogen (secondary N) is 1. The lowest BCUT2D eigenvalue weighted by Crippen LogP contribution is -2.19. The highest BCUT2D eigenvalue weighted by Crippen LogP contribution is 2.34. The molecule has 172 valence electrons. The molecule has 8 nitrogen and oxygen atoms in total. The van der Waals surface area contributed by atoms with Crippen LogP contribution < -0.4 is 14.8 Å². The van der Waals surface area contributed by atoms with E-state index in [1.807, 2.05) is 0 Å². The molecule has 0 saturated carbocycles. The number of ether oxygens (including phenoxy) is 3. The van der Waals surface area contributed by atoms with E-state index in [2.05, 4.69) is 20.3 Å². The van der Waals surface area contributed by atoms with Crippen molar-refractivity contribution in [3.8, 4) is 11.5 Å². The topological polar surface area (TPSA) is 98.6 Å². The van der Waals surface area contributed by atoms with E-state index in [0.717, 1.165) is 23.4 Å². The van der Waals surface area contributed by atoms with Crippen LogP contribution in [0.3, 0.4) is 0 Å². The molecule has 3 rings (SSSR count). The van der Waals surface area contributed by atoms with E-state index >= 15 is 0 Å². The molecule has 0 unspecified atom stereocenters. The number of rotatable bonds is 7. The van der Waals surface area contributed by atoms with Crippen LogP contribution >= 0.6 is 46.6 Å². The summed E-state index contributed by atoms with van der Waals surface area (Å²) in [4.78, 5) is 23.3. The first-order valence-corrected chi connectivity index (χ1v) is 11.1. The number of thioether (sulfide) groups is 1. The third-order valence-electron chi connectivity index (χ3n) is 4.12. The van der Waals surface area contributed by atoms with Crippen molar-refractivity contribution in [1.29, 1.82) is 0 Å². The van der Waals surface area contributed by atoms with Gasteiger partial charge in [0.15, 0.2) is 5.17 Å². The number of amidine groups is 1. The molecule has 0 atom stereocenters. The molecule has 1 heterocycles. The first-order valence-electron chi connectivity index (χ1n) is 9.15. The first-order chi connectivity index (χ1) is 15.8. The maximum absolute atomic E-state index is 11.8. The maximum Gasteiger partial charge on any atom is 0.331 e. The van der Waals surface area contributed by atoms with Gasteiger partial charge in [-0.1, -0.05) is 34.8 Å². The smallest absolute Gasteiger partial charge is 0.331 e. The Balaban J connectivity index is 1.72. The SMILES string of the molecule is COC(=O)/C=C1/S/C(=N\N=Cc2ccc(OC)c(COc3cc(Cl)c(Cl)cc3Cl)c2)NC1=O. The molecule has 1 aliphatic rings. The van der Waals surface area contributed by atoms with Crippen molar-refractivity contribution < 1.29 is 23.8 Å². The Hall–Kier alpha value is -2.72. The Bertz CT molecular complexity index is 1180. The van der Waals surface area contributed by atoms with E-state index in [0.29, 0.717) is 32.1 Å². The first kappa shape index (κ1) is 24.9. The van der Waals surface area contributed by atoms with Gasteiger partial charge in [0.05, 0.1) is 40.4 Å². The third kappa shape index (κ3) is 6.64. The van der Waals surface area contributed by atoms with Crippen LogP contribution in [0.2, 0.25) is 15.1 Å². The fourth-order valence-corrected chi connectivity index (χ4v) is 3.88. The molecule has 0 aliphatic carbocycles. The van der Waals surface area contributed by atoms with E-state index < -0.39 is 11.9 Å². The Kier molecular flexibility index (Phi) is 8.62. The average Bonchev–Trinajstić information content (AvgIpc) is 3.14. The standard InChI is InChI=1S/C21H16Cl3N3O5S/c1-30-16-4-3-11(5-12(16)10-32-17-7-14(23)13(22)6-15(17)24)9-25-27-21-26-20(29)18(33-21)8-19(28)31-2/h3-9H,10H2,1-2H3,(H,26,27,29)/b18-8+,25-9?. The van der Waals surface area contributed by atoms with Gasteiger partial charge in [0.25, 0.3) is 5.91 Å². The molecule has 12 heteroatoms. The Morgan fingerprint density at radius 1 is 1.09 bits per heavy atom. The summed E-state index contributed by atoms with van der Waals surface area (Å²) in [6.07, 6.45) is 2.58. The van der Waals surface area contributed by atoms with Crippen molar-refractivity contribution >= 4 is 69.8 Å². The van der Waals surface area contributed by atoms with Gasteiger partial charge in [-0.25, -0.2) is 4.79 Å². The minimum atomic E-state index is -0.632. The molecule has 1 fully saturated rings. The molecule has 0 radical (unpaired) electrons. The number of nitrogens with zero attached hydrogens (tertiary/aromatic N) is 2. The summed E-state index contributed by atoms with van der Waals surface area (Å²) in [6, 6.07) is 8.38. The largest absolute Gasteiger partial charge is 0.496 e. The molecule has 0 spiro atoms. The van der Waals surface area contributed by atoms with Gasteiger partial charge >= 0.3 is 5.97 Å². The number of carbonyl (C=O) groups excluding carboxylic acids is 2. The summed E-state index contributed by atoms with van der Waals surface area (Å²) in [5.41, 5.74) is 1.43. The number of amides is 1. The second-order valence-corrected chi connectivity index (χ2v) is 8.55. The molecule has 2 aromatic rings. The van der Waals surface area contributed by atoms with Crippen molar-refractivity contribution in [2.24, 2.45) is 10.2 Å². The number of hydrogen-bond acceptors (Lipinski definition) is 8. The van der Waals surface area contributed by atoms with Gasteiger partial charge in [0.1, 0.15) is 18.1 Å². The van der Waals surface area contributed by atoms with E-state index in [-0.39, 0.29) is 16.7 Å². The summed E-state index contributed by atoms with van der Waals surface area (Å²) in [6.45, 7) is 0.143. The van der Waals surface area contributed by atoms with Gasteiger partial charge in [-0.15, -0.1) is 5.10 Å². The molecule has 0 bridgehead atoms. The van der Waals surface area contributed by atoms with E-state index in [1.54, 1.807) is 25.3 Å². The highest BCUT2D eigenvalue weighted by molar-refractivity contribution is 8.18. The number of esters is 1. The van der Waals surface area contributed by atoms with Crippen molar-refractivity contribution in [2.75, 3.05) is 14.2 Å². The van der Waals surface area contributed by atoms with Crippen molar-refractivity contribution in [3.05, 3.63) is 67.5 Å². The summed E-state index contributed by atoms with van der Waals surface area (Å²) in [7, 11) is 2.77. The zero-order valence-corrected chi connectivity index (χ0v) is 20.3. The monoisotopic (exact) mass is 527 g/mol. The zero-order chi connectivity index (χ0) is 24.0. The Morgan fingerprint density at radius 2 is 1.85 bits per heavy atom. The summed E-state index contributed by atoms with van der Waals surface area (Å²) < 4.78 is 15.7.